The highest BCUT2D eigenvalue weighted by Gasteiger charge is 2.28. The highest BCUT2D eigenvalue weighted by Crippen LogP contribution is 2.38. The van der Waals surface area contributed by atoms with Crippen molar-refractivity contribution in [1.82, 2.24) is 4.90 Å². The zero-order valence-corrected chi connectivity index (χ0v) is 9.92. The summed E-state index contributed by atoms with van der Waals surface area (Å²) in [5.41, 5.74) is 0.495. The quantitative estimate of drug-likeness (QED) is 0.470. The molecule has 1 aliphatic rings. The van der Waals surface area contributed by atoms with E-state index in [-0.39, 0.29) is 5.69 Å². The number of hydrogen-bond acceptors (Lipinski definition) is 5. The lowest BCUT2D eigenvalue weighted by molar-refractivity contribution is -0.385. The van der Waals surface area contributed by atoms with Crippen molar-refractivity contribution in [1.29, 1.82) is 0 Å². The Bertz CT molecular complexity index is 478. The molecule has 84 valence electrons. The van der Waals surface area contributed by atoms with Crippen molar-refractivity contribution in [2.75, 3.05) is 7.05 Å². The van der Waals surface area contributed by atoms with E-state index in [1.165, 1.54) is 28.8 Å². The molecule has 7 heteroatoms. The Hall–Kier alpha value is -1.18. The van der Waals surface area contributed by atoms with Gasteiger partial charge in [0.1, 0.15) is 4.32 Å². The lowest BCUT2D eigenvalue weighted by Gasteiger charge is -2.31. The first-order valence-corrected chi connectivity index (χ1v) is 5.64. The van der Waals surface area contributed by atoms with Gasteiger partial charge in [-0.2, -0.15) is 0 Å². The molecule has 0 bridgehead atoms. The van der Waals surface area contributed by atoms with Crippen molar-refractivity contribution in [2.24, 2.45) is 0 Å². The number of fused-ring (bicyclic) bond motifs is 1. The van der Waals surface area contributed by atoms with E-state index in [1.807, 2.05) is 0 Å². The molecule has 0 aliphatic carbocycles. The molecule has 5 nitrogen and oxygen atoms in total. The predicted octanol–water partition coefficient (Wildman–Crippen LogP) is 1.91. The molecule has 0 fully saturated rings. The van der Waals surface area contributed by atoms with E-state index in [2.05, 4.69) is 0 Å². The van der Waals surface area contributed by atoms with Crippen LogP contribution in [0.4, 0.5) is 5.69 Å². The van der Waals surface area contributed by atoms with Crippen molar-refractivity contribution in [3.63, 3.8) is 0 Å². The molecule has 1 aromatic carbocycles. The first kappa shape index (κ1) is 11.3. The smallest absolute Gasteiger partial charge is 0.269 e. The third-order valence-corrected chi connectivity index (χ3v) is 3.93. The van der Waals surface area contributed by atoms with Crippen molar-refractivity contribution < 1.29 is 10.0 Å². The molecule has 0 radical (unpaired) electrons. The standard InChI is InChI=1S/C9H8N2O3S2/c1-10-8(12)6-4-5(11(13)14)2-3-7(6)16-9(10)15/h2-4,8,12H,1H3. The molecule has 0 amide bonds. The summed E-state index contributed by atoms with van der Waals surface area (Å²) in [4.78, 5) is 12.4. The first-order chi connectivity index (χ1) is 7.50. The molecule has 1 N–H and O–H groups in total. The van der Waals surface area contributed by atoms with Crippen molar-refractivity contribution in [3.05, 3.63) is 33.9 Å². The summed E-state index contributed by atoms with van der Waals surface area (Å²) in [5.74, 6) is 0. The number of thiocarbonyl (C=S) groups is 1. The van der Waals surface area contributed by atoms with Crippen LogP contribution in [0.5, 0.6) is 0 Å². The maximum Gasteiger partial charge on any atom is 0.269 e. The Balaban J connectivity index is 2.50. The fraction of sp³-hybridized carbons (Fsp3) is 0.222. The number of nitrogens with zero attached hydrogens (tertiary/aromatic N) is 2. The molecule has 1 atom stereocenters. The topological polar surface area (TPSA) is 66.6 Å². The molecule has 1 unspecified atom stereocenters. The van der Waals surface area contributed by atoms with E-state index < -0.39 is 11.2 Å². The summed E-state index contributed by atoms with van der Waals surface area (Å²) in [6.45, 7) is 0. The molecule has 2 rings (SSSR count). The third kappa shape index (κ3) is 1.77. The fourth-order valence-corrected chi connectivity index (χ4v) is 2.64. The summed E-state index contributed by atoms with van der Waals surface area (Å²) in [7, 11) is 1.65. The van der Waals surface area contributed by atoms with Crippen LogP contribution in [0.3, 0.4) is 0 Å². The summed E-state index contributed by atoms with van der Waals surface area (Å²) in [6, 6.07) is 4.40. The van der Waals surface area contributed by atoms with Crippen molar-refractivity contribution in [3.8, 4) is 0 Å². The molecular weight excluding hydrogens is 248 g/mol. The minimum Gasteiger partial charge on any atom is -0.369 e. The average molecular weight is 256 g/mol. The van der Waals surface area contributed by atoms with Gasteiger partial charge in [0.15, 0.2) is 6.23 Å². The second-order valence-corrected chi connectivity index (χ2v) is 5.01. The number of nitro groups is 1. The van der Waals surface area contributed by atoms with Gasteiger partial charge in [-0.15, -0.1) is 0 Å². The van der Waals surface area contributed by atoms with Gasteiger partial charge >= 0.3 is 0 Å². The van der Waals surface area contributed by atoms with E-state index in [0.29, 0.717) is 9.88 Å². The Morgan fingerprint density at radius 1 is 1.62 bits per heavy atom. The monoisotopic (exact) mass is 256 g/mol. The number of nitro benzene ring substituents is 1. The largest absolute Gasteiger partial charge is 0.369 e. The molecule has 0 aromatic heterocycles. The van der Waals surface area contributed by atoms with Crippen LogP contribution in [-0.4, -0.2) is 26.3 Å². The molecule has 1 heterocycles. The van der Waals surface area contributed by atoms with Crippen LogP contribution < -0.4 is 0 Å². The minimum absolute atomic E-state index is 0.0281. The maximum absolute atomic E-state index is 10.6. The van der Waals surface area contributed by atoms with E-state index in [4.69, 9.17) is 12.2 Å². The number of rotatable bonds is 1. The summed E-state index contributed by atoms with van der Waals surface area (Å²) < 4.78 is 0.550. The van der Waals surface area contributed by atoms with Gasteiger partial charge < -0.3 is 10.0 Å². The minimum atomic E-state index is -0.913. The second-order valence-electron chi connectivity index (χ2n) is 3.33. The van der Waals surface area contributed by atoms with E-state index in [0.717, 1.165) is 4.90 Å². The highest BCUT2D eigenvalue weighted by atomic mass is 32.2. The van der Waals surface area contributed by atoms with Crippen LogP contribution in [-0.2, 0) is 0 Å². The van der Waals surface area contributed by atoms with E-state index in [1.54, 1.807) is 13.1 Å². The maximum atomic E-state index is 10.6. The van der Waals surface area contributed by atoms with Gasteiger partial charge in [-0.05, 0) is 6.07 Å². The molecule has 0 saturated heterocycles. The number of benzene rings is 1. The van der Waals surface area contributed by atoms with Crippen LogP contribution in [0, 0.1) is 10.1 Å². The first-order valence-electron chi connectivity index (χ1n) is 4.42. The number of aliphatic hydroxyl groups is 1. The molecule has 1 aromatic rings. The lowest BCUT2D eigenvalue weighted by atomic mass is 10.1. The van der Waals surface area contributed by atoms with Gasteiger partial charge in [0.25, 0.3) is 5.69 Å². The Kier molecular flexibility index (Phi) is 2.83. The number of thioether (sulfide) groups is 1. The predicted molar refractivity (Wildman–Crippen MR) is 64.3 cm³/mol. The molecule has 1 aliphatic heterocycles. The van der Waals surface area contributed by atoms with Crippen LogP contribution >= 0.6 is 24.0 Å². The summed E-state index contributed by atoms with van der Waals surface area (Å²) in [5, 5.41) is 20.5. The van der Waals surface area contributed by atoms with Gasteiger partial charge in [-0.1, -0.05) is 24.0 Å². The number of hydrogen-bond donors (Lipinski definition) is 1. The highest BCUT2D eigenvalue weighted by molar-refractivity contribution is 8.23. The van der Waals surface area contributed by atoms with Crippen LogP contribution in [0.2, 0.25) is 0 Å². The fourth-order valence-electron chi connectivity index (χ4n) is 1.42. The van der Waals surface area contributed by atoms with Crippen molar-refractivity contribution in [2.45, 2.75) is 11.1 Å². The summed E-state index contributed by atoms with van der Waals surface area (Å²) in [6.07, 6.45) is -0.913. The average Bonchev–Trinajstić information content (AvgIpc) is 2.25. The van der Waals surface area contributed by atoms with Crippen molar-refractivity contribution >= 4 is 34.0 Å². The van der Waals surface area contributed by atoms with E-state index >= 15 is 0 Å². The van der Waals surface area contributed by atoms with Gasteiger partial charge in [0.2, 0.25) is 0 Å². The van der Waals surface area contributed by atoms with Gasteiger partial charge in [-0.25, -0.2) is 0 Å². The zero-order valence-electron chi connectivity index (χ0n) is 8.28. The molecular formula is C9H8N2O3S2. The Morgan fingerprint density at radius 2 is 2.31 bits per heavy atom. The normalized spacial score (nSPS) is 19.5. The molecule has 0 saturated carbocycles. The third-order valence-electron chi connectivity index (χ3n) is 2.33. The second kappa shape index (κ2) is 4.00. The van der Waals surface area contributed by atoms with Crippen LogP contribution in [0.1, 0.15) is 11.8 Å². The molecule has 16 heavy (non-hydrogen) atoms. The Labute approximate surface area is 101 Å². The van der Waals surface area contributed by atoms with Gasteiger partial charge in [0.05, 0.1) is 4.92 Å². The zero-order chi connectivity index (χ0) is 11.9. The number of aliphatic hydroxyl groups excluding tert-OH is 1. The van der Waals surface area contributed by atoms with E-state index in [9.17, 15) is 15.2 Å². The molecule has 0 spiro atoms. The SMILES string of the molecule is CN1C(=S)Sc2ccc([N+](=O)[O-])cc2C1O. The van der Waals surface area contributed by atoms with Crippen LogP contribution in [0.25, 0.3) is 0 Å². The summed E-state index contributed by atoms with van der Waals surface area (Å²) >= 11 is 6.38. The van der Waals surface area contributed by atoms with Crippen LogP contribution in [0.15, 0.2) is 23.1 Å². The van der Waals surface area contributed by atoms with Gasteiger partial charge in [-0.3, -0.25) is 10.1 Å². The lowest BCUT2D eigenvalue weighted by Crippen LogP contribution is -2.31. The van der Waals surface area contributed by atoms with Gasteiger partial charge in [0, 0.05) is 29.6 Å². The Morgan fingerprint density at radius 3 is 2.94 bits per heavy atom. The number of non-ortho nitro benzene ring substituents is 1.